The van der Waals surface area contributed by atoms with E-state index in [0.717, 1.165) is 42.8 Å². The molecule has 0 saturated carbocycles. The summed E-state index contributed by atoms with van der Waals surface area (Å²) >= 11 is 6.04. The minimum atomic E-state index is 0.459. The van der Waals surface area contributed by atoms with Crippen LogP contribution in [0.25, 0.3) is 11.0 Å². The number of piperidine rings is 1. The highest BCUT2D eigenvalue weighted by atomic mass is 35.5. The predicted molar refractivity (Wildman–Crippen MR) is 72.9 cm³/mol. The van der Waals surface area contributed by atoms with Crippen LogP contribution in [0.1, 0.15) is 24.7 Å². The van der Waals surface area contributed by atoms with Crippen molar-refractivity contribution >= 4 is 22.6 Å². The molecule has 18 heavy (non-hydrogen) atoms. The molecule has 4 nitrogen and oxygen atoms in total. The normalized spacial score (nSPS) is 18.6. The third-order valence-electron chi connectivity index (χ3n) is 3.74. The number of nitrogens with zero attached hydrogens (tertiary/aromatic N) is 4. The second-order valence-electron chi connectivity index (χ2n) is 4.93. The summed E-state index contributed by atoms with van der Waals surface area (Å²) in [6, 6.07) is 2.55. The van der Waals surface area contributed by atoms with Crippen molar-refractivity contribution < 1.29 is 0 Å². The smallest absolute Gasteiger partial charge is 0.125 e. The van der Waals surface area contributed by atoms with Crippen molar-refractivity contribution in [3.8, 4) is 0 Å². The Morgan fingerprint density at radius 3 is 2.89 bits per heavy atom. The maximum atomic E-state index is 6.04. The van der Waals surface area contributed by atoms with Gasteiger partial charge in [0.15, 0.2) is 0 Å². The van der Waals surface area contributed by atoms with Gasteiger partial charge >= 0.3 is 0 Å². The SMILES string of the molecule is CN1CCC(n2c(CCl)nc3cnccc32)CC1. The minimum Gasteiger partial charge on any atom is -0.324 e. The van der Waals surface area contributed by atoms with Gasteiger partial charge in [-0.2, -0.15) is 0 Å². The van der Waals surface area contributed by atoms with Gasteiger partial charge in [0.25, 0.3) is 0 Å². The van der Waals surface area contributed by atoms with Crippen LogP contribution in [0.3, 0.4) is 0 Å². The number of rotatable bonds is 2. The Morgan fingerprint density at radius 2 is 2.17 bits per heavy atom. The highest BCUT2D eigenvalue weighted by Gasteiger charge is 2.22. The Morgan fingerprint density at radius 1 is 1.39 bits per heavy atom. The van der Waals surface area contributed by atoms with E-state index in [9.17, 15) is 0 Å². The average molecular weight is 265 g/mol. The second kappa shape index (κ2) is 4.86. The standard InChI is InChI=1S/C13H17ClN4/c1-17-6-3-10(4-7-17)18-12-2-5-15-9-11(12)16-13(18)8-14/h2,5,9-10H,3-4,6-8H2,1H3. The van der Waals surface area contributed by atoms with E-state index >= 15 is 0 Å². The molecule has 2 aromatic heterocycles. The van der Waals surface area contributed by atoms with Gasteiger partial charge in [0.05, 0.1) is 17.6 Å². The van der Waals surface area contributed by atoms with Crippen molar-refractivity contribution in [1.29, 1.82) is 0 Å². The van der Waals surface area contributed by atoms with E-state index in [1.54, 1.807) is 0 Å². The quantitative estimate of drug-likeness (QED) is 0.782. The van der Waals surface area contributed by atoms with Gasteiger partial charge < -0.3 is 9.47 Å². The monoisotopic (exact) mass is 264 g/mol. The van der Waals surface area contributed by atoms with Crippen LogP contribution in [0.4, 0.5) is 0 Å². The number of fused-ring (bicyclic) bond motifs is 1. The van der Waals surface area contributed by atoms with Crippen molar-refractivity contribution in [2.24, 2.45) is 0 Å². The van der Waals surface area contributed by atoms with E-state index in [0.29, 0.717) is 11.9 Å². The number of likely N-dealkylation sites (tertiary alicyclic amines) is 1. The Labute approximate surface area is 112 Å². The molecule has 0 N–H and O–H groups in total. The van der Waals surface area contributed by atoms with Crippen molar-refractivity contribution in [3.05, 3.63) is 24.3 Å². The topological polar surface area (TPSA) is 34.0 Å². The summed E-state index contributed by atoms with van der Waals surface area (Å²) in [5.74, 6) is 1.43. The first-order valence-electron chi connectivity index (χ1n) is 6.35. The van der Waals surface area contributed by atoms with Gasteiger partial charge in [-0.3, -0.25) is 4.98 Å². The molecule has 1 fully saturated rings. The molecule has 3 heterocycles. The summed E-state index contributed by atoms with van der Waals surface area (Å²) in [4.78, 5) is 11.1. The van der Waals surface area contributed by atoms with E-state index < -0.39 is 0 Å². The lowest BCUT2D eigenvalue weighted by molar-refractivity contribution is 0.222. The van der Waals surface area contributed by atoms with Crippen LogP contribution in [0, 0.1) is 0 Å². The first-order chi connectivity index (χ1) is 8.79. The van der Waals surface area contributed by atoms with E-state index in [4.69, 9.17) is 11.6 Å². The highest BCUT2D eigenvalue weighted by Crippen LogP contribution is 2.28. The summed E-state index contributed by atoms with van der Waals surface area (Å²) in [7, 11) is 2.18. The summed E-state index contributed by atoms with van der Waals surface area (Å²) in [5.41, 5.74) is 2.11. The average Bonchev–Trinajstić information content (AvgIpc) is 2.78. The van der Waals surface area contributed by atoms with Gasteiger partial charge in [-0.05, 0) is 39.0 Å². The van der Waals surface area contributed by atoms with E-state index in [1.807, 2.05) is 18.5 Å². The van der Waals surface area contributed by atoms with Gasteiger partial charge in [0.1, 0.15) is 11.3 Å². The lowest BCUT2D eigenvalue weighted by Gasteiger charge is -2.31. The van der Waals surface area contributed by atoms with Crippen LogP contribution in [0.15, 0.2) is 18.5 Å². The largest absolute Gasteiger partial charge is 0.324 e. The molecule has 1 saturated heterocycles. The molecular weight excluding hydrogens is 248 g/mol. The molecule has 5 heteroatoms. The molecule has 1 aliphatic heterocycles. The number of imidazole rings is 1. The molecule has 0 aliphatic carbocycles. The number of aromatic nitrogens is 3. The zero-order chi connectivity index (χ0) is 12.5. The predicted octanol–water partition coefficient (Wildman–Crippen LogP) is 2.44. The Hall–Kier alpha value is -1.13. The Kier molecular flexibility index (Phi) is 3.22. The van der Waals surface area contributed by atoms with Gasteiger partial charge in [-0.1, -0.05) is 0 Å². The van der Waals surface area contributed by atoms with Crippen molar-refractivity contribution in [2.45, 2.75) is 24.8 Å². The molecule has 0 atom stereocenters. The molecule has 0 unspecified atom stereocenters. The molecule has 0 radical (unpaired) electrons. The van der Waals surface area contributed by atoms with Crippen molar-refractivity contribution in [1.82, 2.24) is 19.4 Å². The molecule has 2 aromatic rings. The minimum absolute atomic E-state index is 0.459. The maximum absolute atomic E-state index is 6.04. The molecule has 0 aromatic carbocycles. The fourth-order valence-electron chi connectivity index (χ4n) is 2.76. The van der Waals surface area contributed by atoms with Gasteiger partial charge in [-0.15, -0.1) is 11.6 Å². The van der Waals surface area contributed by atoms with E-state index in [-0.39, 0.29) is 0 Å². The number of pyridine rings is 1. The molecular formula is C13H17ClN4. The van der Waals surface area contributed by atoms with Crippen LogP contribution in [0.5, 0.6) is 0 Å². The zero-order valence-corrected chi connectivity index (χ0v) is 11.3. The highest BCUT2D eigenvalue weighted by molar-refractivity contribution is 6.16. The molecule has 3 rings (SSSR count). The summed E-state index contributed by atoms with van der Waals surface area (Å²) < 4.78 is 2.32. The molecule has 1 aliphatic rings. The number of halogens is 1. The summed E-state index contributed by atoms with van der Waals surface area (Å²) in [5, 5.41) is 0. The van der Waals surface area contributed by atoms with Crippen LogP contribution >= 0.6 is 11.6 Å². The zero-order valence-electron chi connectivity index (χ0n) is 10.5. The molecule has 96 valence electrons. The Balaban J connectivity index is 2.04. The lowest BCUT2D eigenvalue weighted by Crippen LogP contribution is -2.31. The molecule has 0 bridgehead atoms. The van der Waals surface area contributed by atoms with Crippen molar-refractivity contribution in [2.75, 3.05) is 20.1 Å². The first-order valence-corrected chi connectivity index (χ1v) is 6.88. The van der Waals surface area contributed by atoms with Crippen LogP contribution in [-0.4, -0.2) is 39.6 Å². The number of alkyl halides is 1. The first kappa shape index (κ1) is 11.9. The van der Waals surface area contributed by atoms with Gasteiger partial charge in [0.2, 0.25) is 0 Å². The fourth-order valence-corrected chi connectivity index (χ4v) is 2.94. The molecule has 0 amide bonds. The van der Waals surface area contributed by atoms with Crippen LogP contribution in [0.2, 0.25) is 0 Å². The number of hydrogen-bond acceptors (Lipinski definition) is 3. The summed E-state index contributed by atoms with van der Waals surface area (Å²) in [6.45, 7) is 2.27. The maximum Gasteiger partial charge on any atom is 0.125 e. The Bertz CT molecular complexity index is 543. The number of hydrogen-bond donors (Lipinski definition) is 0. The van der Waals surface area contributed by atoms with Crippen LogP contribution < -0.4 is 0 Å². The van der Waals surface area contributed by atoms with Crippen LogP contribution in [-0.2, 0) is 5.88 Å². The second-order valence-corrected chi connectivity index (χ2v) is 5.20. The fraction of sp³-hybridized carbons (Fsp3) is 0.538. The lowest BCUT2D eigenvalue weighted by atomic mass is 10.1. The third-order valence-corrected chi connectivity index (χ3v) is 3.98. The van der Waals surface area contributed by atoms with Gasteiger partial charge in [0, 0.05) is 12.2 Å². The third kappa shape index (κ3) is 1.99. The summed E-state index contributed by atoms with van der Waals surface area (Å²) in [6.07, 6.45) is 5.96. The van der Waals surface area contributed by atoms with E-state index in [1.165, 1.54) is 0 Å². The van der Waals surface area contributed by atoms with Gasteiger partial charge in [-0.25, -0.2) is 4.98 Å². The molecule has 0 spiro atoms. The van der Waals surface area contributed by atoms with Crippen molar-refractivity contribution in [3.63, 3.8) is 0 Å². The van der Waals surface area contributed by atoms with E-state index in [2.05, 4.69) is 26.5 Å².